The van der Waals surface area contributed by atoms with Gasteiger partial charge in [-0.15, -0.1) is 15.3 Å². The number of aromatic nitrogens is 6. The molecule has 1 fully saturated rings. The van der Waals surface area contributed by atoms with Crippen LogP contribution < -0.4 is 15.1 Å². The summed E-state index contributed by atoms with van der Waals surface area (Å²) in [4.78, 5) is 12.9. The Kier molecular flexibility index (Phi) is 4.27. The van der Waals surface area contributed by atoms with Gasteiger partial charge in [0.2, 0.25) is 0 Å². The smallest absolute Gasteiger partial charge is 0.178 e. The number of nitrogens with zero attached hydrogens (tertiary/aromatic N) is 8. The Balaban J connectivity index is 1.40. The molecule has 9 nitrogen and oxygen atoms in total. The van der Waals surface area contributed by atoms with Crippen molar-refractivity contribution >= 4 is 23.1 Å². The van der Waals surface area contributed by atoms with Gasteiger partial charge < -0.3 is 15.1 Å². The van der Waals surface area contributed by atoms with E-state index in [0.29, 0.717) is 6.04 Å². The van der Waals surface area contributed by atoms with E-state index in [4.69, 9.17) is 0 Å². The highest BCUT2D eigenvalue weighted by Crippen LogP contribution is 2.21. The molecule has 0 spiro atoms. The Hall–Kier alpha value is -2.97. The average Bonchev–Trinajstić information content (AvgIpc) is 3.03. The van der Waals surface area contributed by atoms with Crippen molar-refractivity contribution in [2.75, 3.05) is 42.3 Å². The zero-order valence-corrected chi connectivity index (χ0v) is 15.3. The second-order valence-corrected chi connectivity index (χ2v) is 6.77. The van der Waals surface area contributed by atoms with Crippen LogP contribution in [0.3, 0.4) is 0 Å². The Bertz CT molecular complexity index is 896. The molecule has 4 rings (SSSR count). The molecule has 3 aromatic rings. The van der Waals surface area contributed by atoms with Crippen LogP contribution in [-0.4, -0.2) is 63.0 Å². The van der Waals surface area contributed by atoms with Crippen LogP contribution in [0.5, 0.6) is 0 Å². The minimum absolute atomic E-state index is 0.400. The fourth-order valence-corrected chi connectivity index (χ4v) is 3.19. The molecule has 0 bridgehead atoms. The predicted molar refractivity (Wildman–Crippen MR) is 101 cm³/mol. The van der Waals surface area contributed by atoms with Crippen molar-refractivity contribution in [2.45, 2.75) is 25.8 Å². The third-order valence-electron chi connectivity index (χ3n) is 4.69. The Labute approximate surface area is 152 Å². The molecule has 0 radical (unpaired) electrons. The number of aryl methyl sites for hydroxylation is 1. The molecule has 1 aliphatic rings. The molecule has 0 saturated carbocycles. The first-order chi connectivity index (χ1) is 12.6. The van der Waals surface area contributed by atoms with Crippen LogP contribution in [0.4, 0.5) is 17.5 Å². The molecular formula is C17H23N9. The van der Waals surface area contributed by atoms with E-state index in [0.717, 1.165) is 54.9 Å². The molecule has 3 aromatic heterocycles. The fraction of sp³-hybridized carbons (Fsp3) is 0.471. The van der Waals surface area contributed by atoms with E-state index < -0.39 is 0 Å². The van der Waals surface area contributed by atoms with Crippen molar-refractivity contribution in [3.8, 4) is 0 Å². The van der Waals surface area contributed by atoms with Gasteiger partial charge in [-0.05, 0) is 31.9 Å². The van der Waals surface area contributed by atoms with Gasteiger partial charge in [-0.2, -0.15) is 4.52 Å². The minimum Gasteiger partial charge on any atom is -0.367 e. The fourth-order valence-electron chi connectivity index (χ4n) is 3.19. The number of hydrogen-bond acceptors (Lipinski definition) is 8. The zero-order valence-electron chi connectivity index (χ0n) is 15.3. The van der Waals surface area contributed by atoms with Gasteiger partial charge >= 0.3 is 0 Å². The van der Waals surface area contributed by atoms with Gasteiger partial charge in [0.1, 0.15) is 23.8 Å². The molecule has 0 amide bonds. The van der Waals surface area contributed by atoms with Crippen molar-refractivity contribution in [3.05, 3.63) is 30.4 Å². The van der Waals surface area contributed by atoms with Gasteiger partial charge in [-0.3, -0.25) is 0 Å². The van der Waals surface area contributed by atoms with Crippen molar-refractivity contribution in [3.63, 3.8) is 0 Å². The van der Waals surface area contributed by atoms with E-state index in [1.165, 1.54) is 0 Å². The van der Waals surface area contributed by atoms with Crippen molar-refractivity contribution in [1.29, 1.82) is 0 Å². The van der Waals surface area contributed by atoms with Crippen LogP contribution in [-0.2, 0) is 0 Å². The lowest BCUT2D eigenvalue weighted by Crippen LogP contribution is -2.39. The molecule has 1 aliphatic heterocycles. The molecular weight excluding hydrogens is 330 g/mol. The first-order valence-corrected chi connectivity index (χ1v) is 8.80. The van der Waals surface area contributed by atoms with E-state index in [1.807, 2.05) is 44.1 Å². The van der Waals surface area contributed by atoms with Gasteiger partial charge in [-0.1, -0.05) is 0 Å². The number of rotatable bonds is 4. The molecule has 0 aliphatic carbocycles. The molecule has 4 heterocycles. The topological polar surface area (TPSA) is 87.4 Å². The first kappa shape index (κ1) is 16.5. The normalized spacial score (nSPS) is 15.4. The average molecular weight is 353 g/mol. The van der Waals surface area contributed by atoms with Gasteiger partial charge in [0.15, 0.2) is 11.5 Å². The second-order valence-electron chi connectivity index (χ2n) is 6.77. The maximum Gasteiger partial charge on any atom is 0.178 e. The number of nitrogens with one attached hydrogen (secondary N) is 1. The Morgan fingerprint density at radius 2 is 1.92 bits per heavy atom. The first-order valence-electron chi connectivity index (χ1n) is 8.80. The number of hydrogen-bond donors (Lipinski definition) is 1. The number of fused-ring (bicyclic) bond motifs is 1. The second kappa shape index (κ2) is 6.74. The molecule has 9 heteroatoms. The Morgan fingerprint density at radius 3 is 2.69 bits per heavy atom. The monoisotopic (exact) mass is 353 g/mol. The molecule has 26 heavy (non-hydrogen) atoms. The summed E-state index contributed by atoms with van der Waals surface area (Å²) >= 11 is 0. The highest BCUT2D eigenvalue weighted by atomic mass is 15.4. The highest BCUT2D eigenvalue weighted by Gasteiger charge is 2.21. The van der Waals surface area contributed by atoms with E-state index >= 15 is 0 Å². The predicted octanol–water partition coefficient (Wildman–Crippen LogP) is 1.37. The number of piperidine rings is 1. The summed E-state index contributed by atoms with van der Waals surface area (Å²) in [6, 6.07) is 6.37. The minimum atomic E-state index is 0.400. The van der Waals surface area contributed by atoms with Gasteiger partial charge in [-0.25, -0.2) is 9.97 Å². The summed E-state index contributed by atoms with van der Waals surface area (Å²) in [6.45, 7) is 3.81. The molecule has 136 valence electrons. The summed E-state index contributed by atoms with van der Waals surface area (Å²) in [5.74, 6) is 3.55. The Morgan fingerprint density at radius 1 is 1.12 bits per heavy atom. The van der Waals surface area contributed by atoms with Gasteiger partial charge in [0, 0.05) is 39.3 Å². The van der Waals surface area contributed by atoms with Crippen LogP contribution in [0.15, 0.2) is 24.5 Å². The quantitative estimate of drug-likeness (QED) is 0.752. The molecule has 0 unspecified atom stereocenters. The van der Waals surface area contributed by atoms with Crippen molar-refractivity contribution in [2.24, 2.45) is 0 Å². The summed E-state index contributed by atoms with van der Waals surface area (Å²) in [6.07, 6.45) is 3.66. The number of anilines is 3. The van der Waals surface area contributed by atoms with E-state index in [1.54, 1.807) is 10.8 Å². The standard InChI is InChI=1S/C17H23N9/c1-12-21-22-15-4-5-16(23-26(12)15)25-8-6-13(7-9-25)20-14-10-17(24(2)3)19-11-18-14/h4-5,10-11,13H,6-9H2,1-3H3,(H,18,19,20). The summed E-state index contributed by atoms with van der Waals surface area (Å²) in [5, 5.41) is 16.4. The maximum absolute atomic E-state index is 4.67. The highest BCUT2D eigenvalue weighted by molar-refractivity contribution is 5.49. The summed E-state index contributed by atoms with van der Waals surface area (Å²) in [7, 11) is 3.96. The van der Waals surface area contributed by atoms with Crippen LogP contribution in [0.25, 0.3) is 5.65 Å². The van der Waals surface area contributed by atoms with Crippen LogP contribution >= 0.6 is 0 Å². The van der Waals surface area contributed by atoms with Crippen molar-refractivity contribution < 1.29 is 0 Å². The third kappa shape index (κ3) is 3.24. The van der Waals surface area contributed by atoms with Crippen LogP contribution in [0, 0.1) is 6.92 Å². The SMILES string of the molecule is Cc1nnc2ccc(N3CCC(Nc4cc(N(C)C)ncn4)CC3)nn12. The van der Waals surface area contributed by atoms with Crippen LogP contribution in [0.2, 0.25) is 0 Å². The molecule has 1 N–H and O–H groups in total. The maximum atomic E-state index is 4.67. The lowest BCUT2D eigenvalue weighted by molar-refractivity contribution is 0.520. The summed E-state index contributed by atoms with van der Waals surface area (Å²) < 4.78 is 1.79. The zero-order chi connectivity index (χ0) is 18.1. The lowest BCUT2D eigenvalue weighted by Gasteiger charge is -2.33. The van der Waals surface area contributed by atoms with E-state index in [-0.39, 0.29) is 0 Å². The molecule has 0 atom stereocenters. The molecule has 0 aromatic carbocycles. The van der Waals surface area contributed by atoms with Gasteiger partial charge in [0.05, 0.1) is 0 Å². The van der Waals surface area contributed by atoms with Crippen molar-refractivity contribution in [1.82, 2.24) is 29.8 Å². The van der Waals surface area contributed by atoms with E-state index in [9.17, 15) is 0 Å². The summed E-state index contributed by atoms with van der Waals surface area (Å²) in [5.41, 5.74) is 0.781. The van der Waals surface area contributed by atoms with Gasteiger partial charge in [0.25, 0.3) is 0 Å². The van der Waals surface area contributed by atoms with Crippen LogP contribution in [0.1, 0.15) is 18.7 Å². The largest absolute Gasteiger partial charge is 0.367 e. The van der Waals surface area contributed by atoms with E-state index in [2.05, 4.69) is 35.5 Å². The lowest BCUT2D eigenvalue weighted by atomic mass is 10.1. The third-order valence-corrected chi connectivity index (χ3v) is 4.69. The molecule has 1 saturated heterocycles.